The summed E-state index contributed by atoms with van der Waals surface area (Å²) in [7, 11) is 0. The Bertz CT molecular complexity index is 1270. The number of benzene rings is 1. The molecule has 1 aromatic carbocycles. The van der Waals surface area contributed by atoms with Crippen LogP contribution in [0.15, 0.2) is 18.2 Å². The number of carbonyl (C=O) groups excluding carboxylic acids is 4. The third-order valence-corrected chi connectivity index (χ3v) is 9.62. The fourth-order valence-electron chi connectivity index (χ4n) is 7.16. The zero-order chi connectivity index (χ0) is 30.5. The molecule has 0 radical (unpaired) electrons. The van der Waals surface area contributed by atoms with Gasteiger partial charge in [0.2, 0.25) is 11.8 Å². The van der Waals surface area contributed by atoms with E-state index in [9.17, 15) is 19.2 Å². The van der Waals surface area contributed by atoms with Crippen molar-refractivity contribution in [3.05, 3.63) is 34.9 Å². The van der Waals surface area contributed by atoms with Crippen molar-refractivity contribution in [1.29, 1.82) is 0 Å². The van der Waals surface area contributed by atoms with Crippen LogP contribution in [0.25, 0.3) is 0 Å². The first kappa shape index (κ1) is 30.0. The summed E-state index contributed by atoms with van der Waals surface area (Å²) >= 11 is 0. The van der Waals surface area contributed by atoms with E-state index in [2.05, 4.69) is 10.2 Å². The number of ether oxygens (including phenoxy) is 2. The summed E-state index contributed by atoms with van der Waals surface area (Å²) in [4.78, 5) is 55.0. The summed E-state index contributed by atoms with van der Waals surface area (Å²) in [5.74, 6) is -1.24. The van der Waals surface area contributed by atoms with E-state index in [4.69, 9.17) is 9.47 Å². The third-order valence-electron chi connectivity index (χ3n) is 9.62. The van der Waals surface area contributed by atoms with Crippen molar-refractivity contribution in [2.24, 2.45) is 0 Å². The highest BCUT2D eigenvalue weighted by Crippen LogP contribution is 2.38. The van der Waals surface area contributed by atoms with Gasteiger partial charge in [-0.1, -0.05) is 12.1 Å². The zero-order valence-corrected chi connectivity index (χ0v) is 25.4. The van der Waals surface area contributed by atoms with Gasteiger partial charge in [-0.2, -0.15) is 0 Å². The van der Waals surface area contributed by atoms with Gasteiger partial charge in [-0.05, 0) is 83.0 Å². The van der Waals surface area contributed by atoms with Crippen LogP contribution in [0.2, 0.25) is 0 Å². The first-order valence-corrected chi connectivity index (χ1v) is 15.7. The molecule has 43 heavy (non-hydrogen) atoms. The zero-order valence-electron chi connectivity index (χ0n) is 25.4. The molecule has 0 spiro atoms. The van der Waals surface area contributed by atoms with Crippen molar-refractivity contribution in [2.75, 3.05) is 26.2 Å². The van der Waals surface area contributed by atoms with Crippen LogP contribution in [-0.4, -0.2) is 101 Å². The number of hydrogen-bond donors (Lipinski definition) is 1. The highest BCUT2D eigenvalue weighted by Gasteiger charge is 2.42. The number of carbonyl (C=O) groups is 4. The van der Waals surface area contributed by atoms with E-state index in [1.165, 1.54) is 4.90 Å². The number of fused-ring (bicyclic) bond motifs is 1. The van der Waals surface area contributed by atoms with E-state index in [0.29, 0.717) is 50.6 Å². The highest BCUT2D eigenvalue weighted by molar-refractivity contribution is 6.05. The van der Waals surface area contributed by atoms with Crippen molar-refractivity contribution < 1.29 is 33.0 Å². The van der Waals surface area contributed by atoms with Crippen LogP contribution in [0.3, 0.4) is 0 Å². The minimum Gasteiger partial charge on any atom is -0.444 e. The predicted octanol–water partition coefficient (Wildman–Crippen LogP) is 3.52. The lowest BCUT2D eigenvalue weighted by molar-refractivity contribution is -0.136. The van der Waals surface area contributed by atoms with Gasteiger partial charge >= 0.3 is 6.09 Å². The summed E-state index contributed by atoms with van der Waals surface area (Å²) in [6.45, 7) is 8.37. The van der Waals surface area contributed by atoms with E-state index in [1.54, 1.807) is 4.90 Å². The van der Waals surface area contributed by atoms with Crippen LogP contribution in [0, 0.1) is 0 Å². The molecule has 4 aliphatic heterocycles. The van der Waals surface area contributed by atoms with Crippen LogP contribution in [0.5, 0.6) is 0 Å². The number of imide groups is 1. The Hall–Kier alpha value is -3.05. The maximum absolute atomic E-state index is 15.6. The number of piperidine rings is 3. The van der Waals surface area contributed by atoms with Gasteiger partial charge in [-0.3, -0.25) is 24.6 Å². The molecule has 4 heterocycles. The molecule has 0 aromatic heterocycles. The van der Waals surface area contributed by atoms with Crippen molar-refractivity contribution >= 4 is 23.8 Å². The molecule has 3 saturated heterocycles. The van der Waals surface area contributed by atoms with Gasteiger partial charge in [0.25, 0.3) is 5.91 Å². The molecule has 1 N–H and O–H groups in total. The smallest absolute Gasteiger partial charge is 0.410 e. The molecule has 0 bridgehead atoms. The summed E-state index contributed by atoms with van der Waals surface area (Å²) in [6.07, 6.45) is 3.62. The average molecular weight is 599 g/mol. The summed E-state index contributed by atoms with van der Waals surface area (Å²) in [6, 6.07) is 5.29. The minimum atomic E-state index is -1.04. The van der Waals surface area contributed by atoms with Crippen LogP contribution >= 0.6 is 0 Å². The van der Waals surface area contributed by atoms with E-state index < -0.39 is 23.7 Å². The molecular weight excluding hydrogens is 555 g/mol. The Morgan fingerprint density at radius 3 is 2.42 bits per heavy atom. The summed E-state index contributed by atoms with van der Waals surface area (Å²) < 4.78 is 27.4. The van der Waals surface area contributed by atoms with Crippen LogP contribution in [-0.2, 0) is 25.6 Å². The van der Waals surface area contributed by atoms with Gasteiger partial charge in [0.1, 0.15) is 17.8 Å². The monoisotopic (exact) mass is 598 g/mol. The van der Waals surface area contributed by atoms with Crippen molar-refractivity contribution in [1.82, 2.24) is 20.0 Å². The number of nitrogens with zero attached hydrogens (tertiary/aromatic N) is 3. The summed E-state index contributed by atoms with van der Waals surface area (Å²) in [5, 5.41) is 2.33. The Morgan fingerprint density at radius 2 is 1.74 bits per heavy atom. The normalized spacial score (nSPS) is 30.6. The number of hydrogen-bond acceptors (Lipinski definition) is 7. The van der Waals surface area contributed by atoms with Gasteiger partial charge in [-0.15, -0.1) is 0 Å². The number of amides is 4. The second-order valence-electron chi connectivity index (χ2n) is 13.8. The van der Waals surface area contributed by atoms with Crippen molar-refractivity contribution in [3.63, 3.8) is 0 Å². The van der Waals surface area contributed by atoms with Gasteiger partial charge < -0.3 is 19.3 Å². The molecular formula is C32H43FN4O6. The fraction of sp³-hybridized carbons (Fsp3) is 0.688. The molecule has 5 aliphatic rings. The maximum Gasteiger partial charge on any atom is 0.410 e. The quantitative estimate of drug-likeness (QED) is 0.517. The maximum atomic E-state index is 15.6. The van der Waals surface area contributed by atoms with Crippen molar-refractivity contribution in [2.45, 2.75) is 114 Å². The lowest BCUT2D eigenvalue weighted by Crippen LogP contribution is -2.54. The molecule has 1 saturated carbocycles. The first-order valence-electron chi connectivity index (χ1n) is 15.7. The van der Waals surface area contributed by atoms with E-state index >= 15 is 4.39 Å². The topological polar surface area (TPSA) is 108 Å². The molecule has 1 aromatic rings. The Kier molecular flexibility index (Phi) is 8.23. The van der Waals surface area contributed by atoms with Crippen LogP contribution < -0.4 is 5.32 Å². The van der Waals surface area contributed by atoms with E-state index in [0.717, 1.165) is 43.4 Å². The molecule has 234 valence electrons. The van der Waals surface area contributed by atoms with Gasteiger partial charge in [-0.25, -0.2) is 9.18 Å². The molecule has 3 atom stereocenters. The molecule has 10 nitrogen and oxygen atoms in total. The average Bonchev–Trinajstić information content (AvgIpc) is 3.25. The second-order valence-corrected chi connectivity index (χ2v) is 13.8. The van der Waals surface area contributed by atoms with Crippen molar-refractivity contribution in [3.8, 4) is 0 Å². The van der Waals surface area contributed by atoms with Gasteiger partial charge in [0.15, 0.2) is 0 Å². The third kappa shape index (κ3) is 6.43. The second kappa shape index (κ2) is 11.8. The number of likely N-dealkylation sites (tertiary alicyclic amines) is 2. The number of alkyl halides is 1. The fourth-order valence-corrected chi connectivity index (χ4v) is 7.16. The lowest BCUT2D eigenvalue weighted by Gasteiger charge is -2.47. The molecule has 11 heteroatoms. The highest BCUT2D eigenvalue weighted by atomic mass is 19.1. The number of rotatable bonds is 5. The van der Waals surface area contributed by atoms with E-state index in [-0.39, 0.29) is 42.5 Å². The molecule has 6 rings (SSSR count). The summed E-state index contributed by atoms with van der Waals surface area (Å²) in [5.41, 5.74) is 1.70. The molecule has 4 fully saturated rings. The van der Waals surface area contributed by atoms with Crippen LogP contribution in [0.1, 0.15) is 93.1 Å². The SMILES string of the molecule is CC(C)(C)OC(=O)N1CCC(O[C@H]2C[C@H](N3CC[C@H](c4ccc5c(c4)C(=O)N(C4CCC(=O)NC4=O)C5)[C@H](F)C3)C2)CC1. The van der Waals surface area contributed by atoms with Gasteiger partial charge in [0, 0.05) is 50.1 Å². The lowest BCUT2D eigenvalue weighted by atomic mass is 9.82. The number of halogens is 1. The Balaban J connectivity index is 0.959. The van der Waals surface area contributed by atoms with Crippen LogP contribution in [0.4, 0.5) is 9.18 Å². The number of nitrogens with one attached hydrogen (secondary N) is 1. The predicted molar refractivity (Wildman–Crippen MR) is 155 cm³/mol. The van der Waals surface area contributed by atoms with Gasteiger partial charge in [0.05, 0.1) is 12.2 Å². The Morgan fingerprint density at radius 1 is 1.00 bits per heavy atom. The first-order chi connectivity index (χ1) is 20.4. The minimum absolute atomic E-state index is 0.137. The Labute approximate surface area is 252 Å². The standard InChI is InChI=1S/C32H43FN4O6/c1-32(2,3)43-31(41)35-11-8-22(9-12-35)42-23-15-21(16-23)36-13-10-24(26(33)18-36)19-4-5-20-17-37(30(40)25(20)14-19)27-6-7-28(38)34-29(27)39/h4-5,14,21-24,26-27H,6-13,15-18H2,1-3H3,(H,34,38,39)/t21-,23-,24-,26-,27?/m1/s1. The molecule has 1 aliphatic carbocycles. The molecule has 4 amide bonds. The van der Waals surface area contributed by atoms with E-state index in [1.807, 2.05) is 39.0 Å². The largest absolute Gasteiger partial charge is 0.444 e. The molecule has 1 unspecified atom stereocenters.